The summed E-state index contributed by atoms with van der Waals surface area (Å²) in [6.07, 6.45) is 4.99. The van der Waals surface area contributed by atoms with E-state index in [1.54, 1.807) is 0 Å². The Kier molecular flexibility index (Phi) is 3.78. The monoisotopic (exact) mass is 314 g/mol. The summed E-state index contributed by atoms with van der Waals surface area (Å²) in [7, 11) is 0. The van der Waals surface area contributed by atoms with Gasteiger partial charge in [-0.2, -0.15) is 0 Å². The van der Waals surface area contributed by atoms with Crippen LogP contribution in [0.25, 0.3) is 0 Å². The third-order valence-electron chi connectivity index (χ3n) is 3.05. The molecule has 80 valence electrons. The molecule has 2 rings (SSSR count). The minimum Gasteiger partial charge on any atom is -0.300 e. The van der Waals surface area contributed by atoms with Crippen molar-refractivity contribution in [3.63, 3.8) is 0 Å². The van der Waals surface area contributed by atoms with Gasteiger partial charge >= 0.3 is 0 Å². The van der Waals surface area contributed by atoms with E-state index in [1.807, 2.05) is 0 Å². The molecule has 0 amide bonds. The van der Waals surface area contributed by atoms with E-state index in [4.69, 9.17) is 0 Å². The van der Waals surface area contributed by atoms with Gasteiger partial charge in [-0.1, -0.05) is 18.2 Å². The largest absolute Gasteiger partial charge is 0.300 e. The lowest BCUT2D eigenvalue weighted by atomic mass is 9.84. The second-order valence-electron chi connectivity index (χ2n) is 4.30. The fourth-order valence-corrected chi connectivity index (χ4v) is 2.87. The molecule has 1 unspecified atom stereocenters. The van der Waals surface area contributed by atoms with Crippen LogP contribution >= 0.6 is 22.6 Å². The number of benzene rings is 1. The Morgan fingerprint density at radius 2 is 2.13 bits per heavy atom. The van der Waals surface area contributed by atoms with Gasteiger partial charge in [0.25, 0.3) is 0 Å². The molecular formula is C13H15IO. The summed E-state index contributed by atoms with van der Waals surface area (Å²) in [6, 6.07) is 8.47. The number of rotatable bonds is 2. The van der Waals surface area contributed by atoms with Gasteiger partial charge in [0.05, 0.1) is 0 Å². The molecule has 2 heteroatoms. The third-order valence-corrected chi connectivity index (χ3v) is 4.10. The quantitative estimate of drug-likeness (QED) is 0.763. The van der Waals surface area contributed by atoms with E-state index in [9.17, 15) is 4.79 Å². The molecule has 1 aliphatic rings. The van der Waals surface area contributed by atoms with E-state index in [0.717, 1.165) is 25.7 Å². The third kappa shape index (κ3) is 3.03. The van der Waals surface area contributed by atoms with E-state index in [-0.39, 0.29) is 0 Å². The van der Waals surface area contributed by atoms with Gasteiger partial charge in [0.2, 0.25) is 0 Å². The fourth-order valence-electron chi connectivity index (χ4n) is 2.26. The highest BCUT2D eigenvalue weighted by atomic mass is 127. The molecule has 1 aromatic rings. The Morgan fingerprint density at radius 1 is 1.33 bits per heavy atom. The van der Waals surface area contributed by atoms with Crippen LogP contribution < -0.4 is 0 Å². The van der Waals surface area contributed by atoms with Crippen molar-refractivity contribution in [2.75, 3.05) is 0 Å². The van der Waals surface area contributed by atoms with Gasteiger partial charge in [-0.25, -0.2) is 0 Å². The van der Waals surface area contributed by atoms with Crippen molar-refractivity contribution in [1.82, 2.24) is 0 Å². The van der Waals surface area contributed by atoms with Gasteiger partial charge in [-0.05, 0) is 59.4 Å². The Morgan fingerprint density at radius 3 is 2.87 bits per heavy atom. The van der Waals surface area contributed by atoms with E-state index in [1.165, 1.54) is 15.6 Å². The second kappa shape index (κ2) is 5.10. The van der Waals surface area contributed by atoms with Crippen LogP contribution in [0.3, 0.4) is 0 Å². The molecule has 0 radical (unpaired) electrons. The standard InChI is InChI=1S/C13H15IO/c14-13-7-2-1-5-11(13)8-10-4-3-6-12(15)9-10/h1-2,5,7,10H,3-4,6,8-9H2. The smallest absolute Gasteiger partial charge is 0.133 e. The average Bonchev–Trinajstić information content (AvgIpc) is 2.22. The molecule has 1 saturated carbocycles. The predicted octanol–water partition coefficient (Wildman–Crippen LogP) is 3.59. The fraction of sp³-hybridized carbons (Fsp3) is 0.462. The van der Waals surface area contributed by atoms with Crippen molar-refractivity contribution >= 4 is 28.4 Å². The number of Topliss-reactive ketones (excluding diaryl/α,β-unsaturated/α-hetero) is 1. The molecule has 15 heavy (non-hydrogen) atoms. The van der Waals surface area contributed by atoms with Gasteiger partial charge in [0, 0.05) is 16.4 Å². The number of hydrogen-bond acceptors (Lipinski definition) is 1. The zero-order valence-electron chi connectivity index (χ0n) is 8.71. The first-order valence-electron chi connectivity index (χ1n) is 5.51. The molecule has 1 nitrogen and oxygen atoms in total. The lowest BCUT2D eigenvalue weighted by Gasteiger charge is -2.21. The topological polar surface area (TPSA) is 17.1 Å². The zero-order chi connectivity index (χ0) is 10.7. The number of hydrogen-bond donors (Lipinski definition) is 0. The van der Waals surface area contributed by atoms with Gasteiger partial charge in [-0.15, -0.1) is 0 Å². The van der Waals surface area contributed by atoms with Crippen LogP contribution in [-0.4, -0.2) is 5.78 Å². The average molecular weight is 314 g/mol. The Hall–Kier alpha value is -0.380. The molecule has 0 heterocycles. The molecule has 0 spiro atoms. The van der Waals surface area contributed by atoms with E-state index in [2.05, 4.69) is 46.9 Å². The molecule has 1 aromatic carbocycles. The molecule has 0 bridgehead atoms. The van der Waals surface area contributed by atoms with Crippen molar-refractivity contribution in [2.24, 2.45) is 5.92 Å². The Bertz CT molecular complexity index is 359. The van der Waals surface area contributed by atoms with Crippen LogP contribution in [0.2, 0.25) is 0 Å². The molecule has 0 N–H and O–H groups in total. The van der Waals surface area contributed by atoms with Crippen molar-refractivity contribution in [2.45, 2.75) is 32.1 Å². The van der Waals surface area contributed by atoms with Crippen LogP contribution in [0.1, 0.15) is 31.2 Å². The molecule has 1 atom stereocenters. The molecule has 0 saturated heterocycles. The first kappa shape index (κ1) is 11.1. The highest BCUT2D eigenvalue weighted by molar-refractivity contribution is 14.1. The maximum Gasteiger partial charge on any atom is 0.133 e. The Labute approximate surface area is 104 Å². The summed E-state index contributed by atoms with van der Waals surface area (Å²) in [5.41, 5.74) is 1.40. The maximum atomic E-state index is 11.3. The van der Waals surface area contributed by atoms with Crippen molar-refractivity contribution in [3.8, 4) is 0 Å². The van der Waals surface area contributed by atoms with E-state index >= 15 is 0 Å². The number of halogens is 1. The van der Waals surface area contributed by atoms with Gasteiger partial charge < -0.3 is 0 Å². The van der Waals surface area contributed by atoms with Crippen molar-refractivity contribution in [3.05, 3.63) is 33.4 Å². The normalized spacial score (nSPS) is 21.7. The summed E-state index contributed by atoms with van der Waals surface area (Å²) in [5.74, 6) is 1.04. The highest BCUT2D eigenvalue weighted by Gasteiger charge is 2.20. The zero-order valence-corrected chi connectivity index (χ0v) is 10.9. The number of carbonyl (C=O) groups is 1. The van der Waals surface area contributed by atoms with Gasteiger partial charge in [-0.3, -0.25) is 4.79 Å². The molecule has 1 fully saturated rings. The van der Waals surface area contributed by atoms with Crippen molar-refractivity contribution < 1.29 is 4.79 Å². The minimum absolute atomic E-state index is 0.456. The van der Waals surface area contributed by atoms with Crippen LogP contribution in [0.15, 0.2) is 24.3 Å². The molecule has 0 aromatic heterocycles. The molecule has 0 aliphatic heterocycles. The molecular weight excluding hydrogens is 299 g/mol. The van der Waals surface area contributed by atoms with Crippen LogP contribution in [-0.2, 0) is 11.2 Å². The summed E-state index contributed by atoms with van der Waals surface area (Å²) in [4.78, 5) is 11.3. The first-order chi connectivity index (χ1) is 7.25. The Balaban J connectivity index is 2.02. The second-order valence-corrected chi connectivity index (χ2v) is 5.46. The summed E-state index contributed by atoms with van der Waals surface area (Å²) >= 11 is 2.38. The van der Waals surface area contributed by atoms with E-state index in [0.29, 0.717) is 11.7 Å². The maximum absolute atomic E-state index is 11.3. The number of carbonyl (C=O) groups excluding carboxylic acids is 1. The van der Waals surface area contributed by atoms with Crippen LogP contribution in [0, 0.1) is 9.49 Å². The predicted molar refractivity (Wildman–Crippen MR) is 69.8 cm³/mol. The first-order valence-corrected chi connectivity index (χ1v) is 6.58. The lowest BCUT2D eigenvalue weighted by molar-refractivity contribution is -0.121. The SMILES string of the molecule is O=C1CCCC(Cc2ccccc2I)C1. The highest BCUT2D eigenvalue weighted by Crippen LogP contribution is 2.26. The summed E-state index contributed by atoms with van der Waals surface area (Å²) < 4.78 is 1.33. The van der Waals surface area contributed by atoms with Crippen LogP contribution in [0.4, 0.5) is 0 Å². The van der Waals surface area contributed by atoms with Gasteiger partial charge in [0.1, 0.15) is 5.78 Å². The minimum atomic E-state index is 0.456. The van der Waals surface area contributed by atoms with Crippen molar-refractivity contribution in [1.29, 1.82) is 0 Å². The molecule has 1 aliphatic carbocycles. The van der Waals surface area contributed by atoms with Crippen LogP contribution in [0.5, 0.6) is 0 Å². The summed E-state index contributed by atoms with van der Waals surface area (Å²) in [6.45, 7) is 0. The summed E-state index contributed by atoms with van der Waals surface area (Å²) in [5, 5.41) is 0. The van der Waals surface area contributed by atoms with Gasteiger partial charge in [0.15, 0.2) is 0 Å². The van der Waals surface area contributed by atoms with E-state index < -0.39 is 0 Å². The number of ketones is 1. The lowest BCUT2D eigenvalue weighted by Crippen LogP contribution is -2.17.